The molecule has 0 unspecified atom stereocenters. The lowest BCUT2D eigenvalue weighted by Crippen LogP contribution is -2.25. The Balaban J connectivity index is 2.92. The molecule has 0 atom stereocenters. The highest BCUT2D eigenvalue weighted by molar-refractivity contribution is 5.95. The molecule has 1 rings (SSSR count). The molecule has 0 saturated heterocycles. The number of hydrogen-bond acceptors (Lipinski definition) is 2. The number of hydrogen-bond donors (Lipinski definition) is 1. The van der Waals surface area contributed by atoms with Crippen LogP contribution in [-0.4, -0.2) is 17.8 Å². The summed E-state index contributed by atoms with van der Waals surface area (Å²) in [5.41, 5.74) is -0.375. The van der Waals surface area contributed by atoms with Crippen LogP contribution in [0.4, 0.5) is 13.2 Å². The number of rotatable bonds is 2. The lowest BCUT2D eigenvalue weighted by atomic mass is 10.2. The van der Waals surface area contributed by atoms with Crippen LogP contribution in [0.1, 0.15) is 21.3 Å². The van der Waals surface area contributed by atoms with Crippen molar-refractivity contribution in [2.75, 3.05) is 0 Å². The van der Waals surface area contributed by atoms with Gasteiger partial charge in [-0.05, 0) is 19.0 Å². The highest BCUT2D eigenvalue weighted by Gasteiger charge is 2.32. The maximum Gasteiger partial charge on any atom is 0.430 e. The number of carbonyl (C=O) groups excluding carboxylic acids is 1. The van der Waals surface area contributed by atoms with E-state index < -0.39 is 24.6 Å². The van der Waals surface area contributed by atoms with Gasteiger partial charge >= 0.3 is 6.18 Å². The van der Waals surface area contributed by atoms with Gasteiger partial charge in [0.15, 0.2) is 0 Å². The van der Waals surface area contributed by atoms with Crippen molar-refractivity contribution in [3.63, 3.8) is 0 Å². The Hall–Kier alpha value is -1.85. The summed E-state index contributed by atoms with van der Waals surface area (Å²) in [5, 5.41) is 2.67. The second-order valence-electron chi connectivity index (χ2n) is 2.77. The first kappa shape index (κ1) is 8.32. The molecule has 16 heavy (non-hydrogen) atoms. The van der Waals surface area contributed by atoms with Crippen molar-refractivity contribution in [3.8, 4) is 0 Å². The minimum atomic E-state index is -5.14. The monoisotopic (exact) mass is 233 g/mol. The van der Waals surface area contributed by atoms with Gasteiger partial charge in [-0.3, -0.25) is 4.79 Å². The average molecular weight is 233 g/mol. The number of amides is 1. The van der Waals surface area contributed by atoms with Crippen molar-refractivity contribution < 1.29 is 22.1 Å². The van der Waals surface area contributed by atoms with Crippen LogP contribution in [0, 0.1) is 0 Å². The second-order valence-corrected chi connectivity index (χ2v) is 2.77. The first-order valence-corrected chi connectivity index (χ1v) is 4.13. The van der Waals surface area contributed by atoms with Gasteiger partial charge in [-0.15, -0.1) is 0 Å². The number of hydrazone groups is 1. The number of carbonyl (C=O) groups is 1. The molecule has 0 aliphatic carbocycles. The Morgan fingerprint density at radius 2 is 2.00 bits per heavy atom. The summed E-state index contributed by atoms with van der Waals surface area (Å²) in [6.07, 6.45) is -5.14. The Kier molecular flexibility index (Phi) is 2.49. The zero-order valence-electron chi connectivity index (χ0n) is 10.9. The van der Waals surface area contributed by atoms with Crippen LogP contribution in [0.25, 0.3) is 0 Å². The fraction of sp³-hybridized carbons (Fsp3) is 0.200. The molecule has 0 aliphatic rings. The number of nitrogens with one attached hydrogen (secondary N) is 1. The minimum Gasteiger partial charge on any atom is -0.267 e. The van der Waals surface area contributed by atoms with Crippen LogP contribution < -0.4 is 5.43 Å². The summed E-state index contributed by atoms with van der Waals surface area (Å²) in [4.78, 5) is 11.4. The first-order valence-electron chi connectivity index (χ1n) is 5.63. The zero-order valence-corrected chi connectivity index (χ0v) is 7.88. The van der Waals surface area contributed by atoms with Crippen molar-refractivity contribution in [2.45, 2.75) is 13.0 Å². The first-order chi connectivity index (χ1) is 8.62. The Bertz CT molecular complexity index is 467. The van der Waals surface area contributed by atoms with Crippen molar-refractivity contribution in [3.05, 3.63) is 35.9 Å². The number of nitrogens with zero attached hydrogens (tertiary/aromatic N) is 1. The number of halogens is 3. The molecular formula is C10H9F3N2O. The molecule has 0 bridgehead atoms. The fourth-order valence-corrected chi connectivity index (χ4v) is 0.824. The highest BCUT2D eigenvalue weighted by atomic mass is 19.4. The normalized spacial score (nSPS) is 15.9. The standard InChI is InChI=1S/C10H9F3N2O/c1-7(10(11,12)13)14-15-9(16)8-5-3-2-4-6-8/h2-6H,1H3,(H,15,16)/i1D3. The average Bonchev–Trinajstić information content (AvgIpc) is 2.26. The number of benzene rings is 1. The van der Waals surface area contributed by atoms with Crippen LogP contribution in [0.3, 0.4) is 0 Å². The van der Waals surface area contributed by atoms with Gasteiger partial charge in [-0.2, -0.15) is 18.3 Å². The molecule has 0 aliphatic heterocycles. The Labute approximate surface area is 94.2 Å². The van der Waals surface area contributed by atoms with Crippen LogP contribution >= 0.6 is 0 Å². The van der Waals surface area contributed by atoms with E-state index in [1.54, 1.807) is 11.5 Å². The molecule has 0 radical (unpaired) electrons. The summed E-state index contributed by atoms with van der Waals surface area (Å²) in [6, 6.07) is 7.34. The van der Waals surface area contributed by atoms with Crippen molar-refractivity contribution in [1.29, 1.82) is 0 Å². The third-order valence-corrected chi connectivity index (χ3v) is 1.57. The van der Waals surface area contributed by atoms with Gasteiger partial charge in [-0.1, -0.05) is 18.2 Å². The second kappa shape index (κ2) is 4.78. The lowest BCUT2D eigenvalue weighted by Gasteiger charge is -2.05. The van der Waals surface area contributed by atoms with E-state index in [1.165, 1.54) is 24.3 Å². The molecule has 1 N–H and O–H groups in total. The van der Waals surface area contributed by atoms with Crippen LogP contribution in [0.5, 0.6) is 0 Å². The summed E-state index contributed by atoms with van der Waals surface area (Å²) < 4.78 is 57.5. The van der Waals surface area contributed by atoms with Crippen LogP contribution in [0.2, 0.25) is 0 Å². The van der Waals surface area contributed by atoms with E-state index >= 15 is 0 Å². The molecule has 86 valence electrons. The molecule has 1 aromatic carbocycles. The van der Waals surface area contributed by atoms with Crippen LogP contribution in [-0.2, 0) is 0 Å². The maximum absolute atomic E-state index is 12.4. The smallest absolute Gasteiger partial charge is 0.267 e. The summed E-state index contributed by atoms with van der Waals surface area (Å²) in [5.74, 6) is -0.924. The number of alkyl halides is 3. The van der Waals surface area contributed by atoms with Gasteiger partial charge in [0, 0.05) is 9.68 Å². The van der Waals surface area contributed by atoms with E-state index in [0.717, 1.165) is 0 Å². The molecule has 6 heteroatoms. The summed E-state index contributed by atoms with van der Waals surface area (Å²) in [6.45, 7) is -3.46. The zero-order chi connectivity index (χ0) is 14.7. The molecule has 0 spiro atoms. The summed E-state index contributed by atoms with van der Waals surface area (Å²) >= 11 is 0. The van der Waals surface area contributed by atoms with Gasteiger partial charge in [0.05, 0.1) is 0 Å². The predicted octanol–water partition coefficient (Wildman–Crippen LogP) is 2.35. The van der Waals surface area contributed by atoms with Crippen LogP contribution in [0.15, 0.2) is 35.4 Å². The maximum atomic E-state index is 12.4. The third kappa shape index (κ3) is 3.38. The SMILES string of the molecule is [2H]C([2H])([2H])C(=NNC(=O)c1ccccc1)C(F)(F)F. The topological polar surface area (TPSA) is 41.5 Å². The Morgan fingerprint density at radius 1 is 1.38 bits per heavy atom. The minimum absolute atomic E-state index is 0.0679. The van der Waals surface area contributed by atoms with E-state index in [-0.39, 0.29) is 5.56 Å². The van der Waals surface area contributed by atoms with E-state index in [2.05, 4.69) is 5.10 Å². The van der Waals surface area contributed by atoms with Crippen molar-refractivity contribution >= 4 is 11.6 Å². The molecule has 0 aromatic heterocycles. The van der Waals surface area contributed by atoms with Crippen molar-refractivity contribution in [1.82, 2.24) is 5.43 Å². The molecule has 0 fully saturated rings. The Morgan fingerprint density at radius 3 is 2.50 bits per heavy atom. The lowest BCUT2D eigenvalue weighted by molar-refractivity contribution is -0.0595. The van der Waals surface area contributed by atoms with Crippen molar-refractivity contribution in [2.24, 2.45) is 5.10 Å². The fourth-order valence-electron chi connectivity index (χ4n) is 0.824. The van der Waals surface area contributed by atoms with E-state index in [1.807, 2.05) is 0 Å². The highest BCUT2D eigenvalue weighted by Crippen LogP contribution is 2.16. The molecule has 0 saturated carbocycles. The van der Waals surface area contributed by atoms with Gasteiger partial charge in [0.25, 0.3) is 5.91 Å². The van der Waals surface area contributed by atoms with E-state index in [9.17, 15) is 18.0 Å². The van der Waals surface area contributed by atoms with E-state index in [4.69, 9.17) is 4.11 Å². The largest absolute Gasteiger partial charge is 0.430 e. The third-order valence-electron chi connectivity index (χ3n) is 1.57. The molecular weight excluding hydrogens is 221 g/mol. The van der Waals surface area contributed by atoms with Gasteiger partial charge < -0.3 is 0 Å². The van der Waals surface area contributed by atoms with Gasteiger partial charge in [-0.25, -0.2) is 5.43 Å². The van der Waals surface area contributed by atoms with Gasteiger partial charge in [0.2, 0.25) is 0 Å². The van der Waals surface area contributed by atoms with Gasteiger partial charge in [0.1, 0.15) is 5.71 Å². The molecule has 1 aromatic rings. The summed E-state index contributed by atoms with van der Waals surface area (Å²) in [7, 11) is 0. The molecule has 1 amide bonds. The molecule has 3 nitrogen and oxygen atoms in total. The van der Waals surface area contributed by atoms with E-state index in [0.29, 0.717) is 0 Å². The quantitative estimate of drug-likeness (QED) is 0.618. The molecule has 0 heterocycles. The predicted molar refractivity (Wildman–Crippen MR) is 53.1 cm³/mol.